The second-order valence-corrected chi connectivity index (χ2v) is 3.60. The topological polar surface area (TPSA) is 87.7 Å². The zero-order valence-electron chi connectivity index (χ0n) is 7.91. The third kappa shape index (κ3) is 2.15. The lowest BCUT2D eigenvalue weighted by atomic mass is 10.4. The number of hydrogen-bond acceptors (Lipinski definition) is 6. The van der Waals surface area contributed by atoms with Crippen LogP contribution in [-0.2, 0) is 6.54 Å². The van der Waals surface area contributed by atoms with Crippen molar-refractivity contribution < 1.29 is 4.79 Å². The van der Waals surface area contributed by atoms with Gasteiger partial charge >= 0.3 is 0 Å². The van der Waals surface area contributed by atoms with Gasteiger partial charge in [0.1, 0.15) is 0 Å². The van der Waals surface area contributed by atoms with Crippen molar-refractivity contribution in [3.63, 3.8) is 0 Å². The van der Waals surface area contributed by atoms with Crippen molar-refractivity contribution in [1.82, 2.24) is 30.5 Å². The number of carbonyl (C=O) groups excluding carboxylic acids is 1. The fourth-order valence-corrected chi connectivity index (χ4v) is 1.60. The quantitative estimate of drug-likeness (QED) is 0.788. The molecule has 0 aromatic carbocycles. The first-order chi connectivity index (χ1) is 7.27. The number of aromatic amines is 1. The van der Waals surface area contributed by atoms with Crippen LogP contribution in [0.4, 0.5) is 0 Å². The molecule has 0 aliphatic carbocycles. The lowest BCUT2D eigenvalue weighted by molar-refractivity contribution is 0.0771. The maximum atomic E-state index is 11.6. The second-order valence-electron chi connectivity index (χ2n) is 2.88. The SMILES string of the molecule is CN(Cc1cscn1)C(=O)c1nn[nH]n1. The third-order valence-electron chi connectivity index (χ3n) is 1.77. The van der Waals surface area contributed by atoms with Crippen molar-refractivity contribution in [1.29, 1.82) is 0 Å². The Morgan fingerprint density at radius 1 is 1.67 bits per heavy atom. The van der Waals surface area contributed by atoms with E-state index in [2.05, 4.69) is 25.6 Å². The molecule has 0 saturated carbocycles. The molecule has 0 spiro atoms. The van der Waals surface area contributed by atoms with Crippen molar-refractivity contribution in [3.8, 4) is 0 Å². The largest absolute Gasteiger partial charge is 0.333 e. The van der Waals surface area contributed by atoms with Crippen molar-refractivity contribution in [2.75, 3.05) is 7.05 Å². The minimum absolute atomic E-state index is 0.0627. The van der Waals surface area contributed by atoms with E-state index in [9.17, 15) is 4.79 Å². The van der Waals surface area contributed by atoms with Gasteiger partial charge in [0.2, 0.25) is 0 Å². The van der Waals surface area contributed by atoms with Gasteiger partial charge in [0.25, 0.3) is 11.7 Å². The molecule has 1 amide bonds. The summed E-state index contributed by atoms with van der Waals surface area (Å²) < 4.78 is 0. The highest BCUT2D eigenvalue weighted by Crippen LogP contribution is 2.05. The molecule has 0 saturated heterocycles. The third-order valence-corrected chi connectivity index (χ3v) is 2.40. The first kappa shape index (κ1) is 9.71. The van der Waals surface area contributed by atoms with Crippen LogP contribution in [0.1, 0.15) is 16.3 Å². The molecule has 0 fully saturated rings. The predicted octanol–water partition coefficient (Wildman–Crippen LogP) is -0.0716. The van der Waals surface area contributed by atoms with Gasteiger partial charge in [0, 0.05) is 12.4 Å². The van der Waals surface area contributed by atoms with Crippen LogP contribution >= 0.6 is 11.3 Å². The van der Waals surface area contributed by atoms with E-state index in [-0.39, 0.29) is 11.7 Å². The summed E-state index contributed by atoms with van der Waals surface area (Å²) in [7, 11) is 1.66. The van der Waals surface area contributed by atoms with Crippen LogP contribution in [0.3, 0.4) is 0 Å². The second kappa shape index (κ2) is 4.13. The number of aromatic nitrogens is 5. The number of nitrogens with zero attached hydrogens (tertiary/aromatic N) is 5. The number of rotatable bonds is 3. The molecule has 0 radical (unpaired) electrons. The molecular formula is C7H8N6OS. The Morgan fingerprint density at radius 3 is 3.13 bits per heavy atom. The molecule has 0 bridgehead atoms. The van der Waals surface area contributed by atoms with E-state index in [1.807, 2.05) is 5.38 Å². The molecule has 1 N–H and O–H groups in total. The maximum Gasteiger partial charge on any atom is 0.295 e. The van der Waals surface area contributed by atoms with Crippen LogP contribution in [0, 0.1) is 0 Å². The molecule has 15 heavy (non-hydrogen) atoms. The molecule has 0 aliphatic heterocycles. The molecule has 0 atom stereocenters. The smallest absolute Gasteiger partial charge is 0.295 e. The van der Waals surface area contributed by atoms with Crippen LogP contribution in [0.2, 0.25) is 0 Å². The number of carbonyl (C=O) groups is 1. The van der Waals surface area contributed by atoms with Gasteiger partial charge < -0.3 is 4.90 Å². The van der Waals surface area contributed by atoms with Gasteiger partial charge in [-0.2, -0.15) is 5.21 Å². The summed E-state index contributed by atoms with van der Waals surface area (Å²) in [4.78, 5) is 17.2. The molecule has 8 heteroatoms. The molecule has 0 aliphatic rings. The van der Waals surface area contributed by atoms with E-state index in [1.165, 1.54) is 16.2 Å². The molecule has 2 aromatic heterocycles. The number of thiazole rings is 1. The highest BCUT2D eigenvalue weighted by atomic mass is 32.1. The van der Waals surface area contributed by atoms with Gasteiger partial charge in [-0.3, -0.25) is 4.79 Å². The Bertz CT molecular complexity index is 424. The predicted molar refractivity (Wildman–Crippen MR) is 52.1 cm³/mol. The van der Waals surface area contributed by atoms with Crippen molar-refractivity contribution in [3.05, 3.63) is 22.4 Å². The van der Waals surface area contributed by atoms with Crippen LogP contribution in [-0.4, -0.2) is 43.5 Å². The first-order valence-electron chi connectivity index (χ1n) is 4.13. The van der Waals surface area contributed by atoms with Gasteiger partial charge in [0.05, 0.1) is 17.7 Å². The Morgan fingerprint density at radius 2 is 2.53 bits per heavy atom. The molecule has 78 valence electrons. The Hall–Kier alpha value is -1.83. The van der Waals surface area contributed by atoms with E-state index in [1.54, 1.807) is 12.6 Å². The first-order valence-corrected chi connectivity index (χ1v) is 5.07. The normalized spacial score (nSPS) is 10.2. The van der Waals surface area contributed by atoms with E-state index in [0.29, 0.717) is 6.54 Å². The molecule has 2 rings (SSSR count). The van der Waals surface area contributed by atoms with Gasteiger partial charge in [-0.25, -0.2) is 4.98 Å². The summed E-state index contributed by atoms with van der Waals surface area (Å²) in [5.41, 5.74) is 2.57. The number of hydrogen-bond donors (Lipinski definition) is 1. The Kier molecular flexibility index (Phi) is 2.68. The molecule has 7 nitrogen and oxygen atoms in total. The summed E-state index contributed by atoms with van der Waals surface area (Å²) in [5.74, 6) is -0.218. The van der Waals surface area contributed by atoms with E-state index < -0.39 is 0 Å². The lowest BCUT2D eigenvalue weighted by Crippen LogP contribution is -2.27. The minimum Gasteiger partial charge on any atom is -0.333 e. The molecule has 0 unspecified atom stereocenters. The number of tetrazole rings is 1. The highest BCUT2D eigenvalue weighted by molar-refractivity contribution is 7.07. The minimum atomic E-state index is -0.281. The van der Waals surface area contributed by atoms with Crippen LogP contribution in [0.15, 0.2) is 10.9 Å². The molecule has 2 heterocycles. The molecule has 2 aromatic rings. The van der Waals surface area contributed by atoms with E-state index >= 15 is 0 Å². The fraction of sp³-hybridized carbons (Fsp3) is 0.286. The summed E-state index contributed by atoms with van der Waals surface area (Å²) in [6.45, 7) is 0.441. The zero-order valence-corrected chi connectivity index (χ0v) is 8.73. The highest BCUT2D eigenvalue weighted by Gasteiger charge is 2.16. The maximum absolute atomic E-state index is 11.6. The number of H-pyrrole nitrogens is 1. The van der Waals surface area contributed by atoms with Gasteiger partial charge in [-0.1, -0.05) is 0 Å². The van der Waals surface area contributed by atoms with E-state index in [4.69, 9.17) is 0 Å². The molecular weight excluding hydrogens is 216 g/mol. The van der Waals surface area contributed by atoms with Crippen LogP contribution in [0.5, 0.6) is 0 Å². The average molecular weight is 224 g/mol. The Labute approximate surface area is 89.1 Å². The van der Waals surface area contributed by atoms with E-state index in [0.717, 1.165) is 5.69 Å². The fourth-order valence-electron chi connectivity index (χ4n) is 1.05. The van der Waals surface area contributed by atoms with Gasteiger partial charge in [-0.15, -0.1) is 21.5 Å². The lowest BCUT2D eigenvalue weighted by Gasteiger charge is -2.12. The van der Waals surface area contributed by atoms with Gasteiger partial charge in [0.15, 0.2) is 0 Å². The summed E-state index contributed by atoms with van der Waals surface area (Å²) >= 11 is 1.49. The van der Waals surface area contributed by atoms with Crippen molar-refractivity contribution in [2.45, 2.75) is 6.54 Å². The van der Waals surface area contributed by atoms with Gasteiger partial charge in [-0.05, 0) is 5.21 Å². The number of amides is 1. The monoisotopic (exact) mass is 224 g/mol. The summed E-state index contributed by atoms with van der Waals surface area (Å²) in [6, 6.07) is 0. The van der Waals surface area contributed by atoms with Crippen LogP contribution in [0.25, 0.3) is 0 Å². The zero-order chi connectivity index (χ0) is 10.7. The standard InChI is InChI=1S/C7H8N6OS/c1-13(2-5-3-15-4-8-5)7(14)6-9-11-12-10-6/h3-4H,2H2,1H3,(H,9,10,11,12). The van der Waals surface area contributed by atoms with Crippen molar-refractivity contribution >= 4 is 17.2 Å². The average Bonchev–Trinajstić information content (AvgIpc) is 2.88. The number of nitrogens with one attached hydrogen (secondary N) is 1. The summed E-state index contributed by atoms with van der Waals surface area (Å²) in [5, 5.41) is 14.7. The van der Waals surface area contributed by atoms with Crippen LogP contribution < -0.4 is 0 Å². The summed E-state index contributed by atoms with van der Waals surface area (Å²) in [6.07, 6.45) is 0. The van der Waals surface area contributed by atoms with Crippen molar-refractivity contribution in [2.24, 2.45) is 0 Å². The Balaban J connectivity index is 2.03.